The van der Waals surface area contributed by atoms with E-state index in [1.807, 2.05) is 54.8 Å². The Morgan fingerprint density at radius 3 is 2.79 bits per heavy atom. The van der Waals surface area contributed by atoms with Crippen LogP contribution in [0, 0.1) is 6.92 Å². The van der Waals surface area contributed by atoms with Gasteiger partial charge in [0.2, 0.25) is 0 Å². The van der Waals surface area contributed by atoms with Gasteiger partial charge in [0.25, 0.3) is 5.56 Å². The molecule has 3 aromatic rings. The van der Waals surface area contributed by atoms with Crippen molar-refractivity contribution in [3.8, 4) is 0 Å². The molecule has 0 radical (unpaired) electrons. The van der Waals surface area contributed by atoms with Crippen LogP contribution in [0.25, 0.3) is 6.08 Å². The van der Waals surface area contributed by atoms with Gasteiger partial charge < -0.3 is 4.74 Å². The maximum atomic E-state index is 13.4. The number of carbonyl (C=O) groups is 1. The minimum Gasteiger partial charge on any atom is -0.463 e. The van der Waals surface area contributed by atoms with Gasteiger partial charge in [-0.15, -0.1) is 11.3 Å². The lowest BCUT2D eigenvalue weighted by atomic mass is 10.0. The third-order valence-electron chi connectivity index (χ3n) is 4.67. The molecule has 0 amide bonds. The normalized spacial score (nSPS) is 16.5. The Morgan fingerprint density at radius 1 is 1.28 bits per heavy atom. The van der Waals surface area contributed by atoms with Gasteiger partial charge >= 0.3 is 5.97 Å². The standard InChI is InChI=1S/C22H20N2O3S2/c1-4-27-21(26)18-14(3)23-22-24(19(18)16-9-6-10-28-16)20(25)17(29-22)12-15-8-5-7-13(2)11-15/h5-12,19H,4H2,1-3H3/b17-12+. The van der Waals surface area contributed by atoms with E-state index < -0.39 is 12.0 Å². The Hall–Kier alpha value is -2.77. The average molecular weight is 425 g/mol. The van der Waals surface area contributed by atoms with E-state index in [4.69, 9.17) is 4.74 Å². The van der Waals surface area contributed by atoms with Crippen LogP contribution in [0.3, 0.4) is 0 Å². The van der Waals surface area contributed by atoms with Gasteiger partial charge in [0, 0.05) is 4.88 Å². The third-order valence-corrected chi connectivity index (χ3v) is 6.58. The second-order valence-electron chi connectivity index (χ2n) is 6.73. The van der Waals surface area contributed by atoms with Crippen molar-refractivity contribution < 1.29 is 9.53 Å². The molecule has 3 heterocycles. The highest BCUT2D eigenvalue weighted by Crippen LogP contribution is 2.33. The van der Waals surface area contributed by atoms with Crippen molar-refractivity contribution in [2.45, 2.75) is 26.8 Å². The molecule has 7 heteroatoms. The van der Waals surface area contributed by atoms with Crippen molar-refractivity contribution in [1.29, 1.82) is 0 Å². The summed E-state index contributed by atoms with van der Waals surface area (Å²) in [5.74, 6) is -0.430. The molecule has 29 heavy (non-hydrogen) atoms. The summed E-state index contributed by atoms with van der Waals surface area (Å²) in [6.07, 6.45) is 1.88. The lowest BCUT2D eigenvalue weighted by Crippen LogP contribution is -2.39. The fraction of sp³-hybridized carbons (Fsp3) is 0.227. The van der Waals surface area contributed by atoms with Crippen LogP contribution in [-0.4, -0.2) is 17.1 Å². The molecule has 4 rings (SSSR count). The van der Waals surface area contributed by atoms with Crippen molar-refractivity contribution in [2.24, 2.45) is 4.99 Å². The first-order chi connectivity index (χ1) is 14.0. The fourth-order valence-corrected chi connectivity index (χ4v) is 5.29. The van der Waals surface area contributed by atoms with E-state index >= 15 is 0 Å². The molecule has 0 N–H and O–H groups in total. The zero-order valence-electron chi connectivity index (χ0n) is 16.3. The van der Waals surface area contributed by atoms with Crippen LogP contribution in [-0.2, 0) is 9.53 Å². The summed E-state index contributed by atoms with van der Waals surface area (Å²) in [6.45, 7) is 5.85. The first-order valence-corrected chi connectivity index (χ1v) is 11.0. The summed E-state index contributed by atoms with van der Waals surface area (Å²) in [5, 5.41) is 1.94. The van der Waals surface area contributed by atoms with Gasteiger partial charge in [-0.2, -0.15) is 0 Å². The smallest absolute Gasteiger partial charge is 0.338 e. The second kappa shape index (κ2) is 7.93. The van der Waals surface area contributed by atoms with Crippen molar-refractivity contribution >= 4 is 34.7 Å². The molecule has 2 aromatic heterocycles. The highest BCUT2D eigenvalue weighted by atomic mass is 32.1. The number of thiophene rings is 1. The molecule has 0 saturated heterocycles. The molecule has 0 fully saturated rings. The number of carbonyl (C=O) groups excluding carboxylic acids is 1. The minimum atomic E-state index is -0.523. The maximum absolute atomic E-state index is 13.4. The number of aryl methyl sites for hydroxylation is 1. The average Bonchev–Trinajstić information content (AvgIpc) is 3.30. The molecule has 0 aliphatic carbocycles. The Kier molecular flexibility index (Phi) is 5.34. The highest BCUT2D eigenvalue weighted by Gasteiger charge is 2.33. The fourth-order valence-electron chi connectivity index (χ4n) is 3.42. The second-order valence-corrected chi connectivity index (χ2v) is 8.72. The van der Waals surface area contributed by atoms with E-state index in [2.05, 4.69) is 4.99 Å². The van der Waals surface area contributed by atoms with Crippen LogP contribution in [0.5, 0.6) is 0 Å². The Balaban J connectivity index is 1.94. The first-order valence-electron chi connectivity index (χ1n) is 9.29. The van der Waals surface area contributed by atoms with Crippen molar-refractivity contribution in [3.63, 3.8) is 0 Å². The number of allylic oxidation sites excluding steroid dienone is 1. The molecule has 1 unspecified atom stereocenters. The molecule has 1 aliphatic rings. The molecule has 5 nitrogen and oxygen atoms in total. The Morgan fingerprint density at radius 2 is 2.10 bits per heavy atom. The van der Waals surface area contributed by atoms with E-state index in [-0.39, 0.29) is 12.2 Å². The summed E-state index contributed by atoms with van der Waals surface area (Å²) >= 11 is 2.85. The topological polar surface area (TPSA) is 60.7 Å². The summed E-state index contributed by atoms with van der Waals surface area (Å²) in [7, 11) is 0. The number of fused-ring (bicyclic) bond motifs is 1. The van der Waals surface area contributed by atoms with Gasteiger partial charge in [0.1, 0.15) is 6.04 Å². The molecule has 0 saturated carbocycles. The SMILES string of the molecule is CCOC(=O)C1=C(C)N=c2s/c(=C/c3cccc(C)c3)c(=O)n2C1c1cccs1. The van der Waals surface area contributed by atoms with E-state index in [9.17, 15) is 9.59 Å². The van der Waals surface area contributed by atoms with Gasteiger partial charge in [-0.3, -0.25) is 9.36 Å². The number of rotatable bonds is 4. The molecule has 1 aliphatic heterocycles. The van der Waals surface area contributed by atoms with Crippen LogP contribution >= 0.6 is 22.7 Å². The van der Waals surface area contributed by atoms with E-state index in [0.717, 1.165) is 16.0 Å². The number of benzene rings is 1. The van der Waals surface area contributed by atoms with Crippen molar-refractivity contribution in [1.82, 2.24) is 4.57 Å². The van der Waals surface area contributed by atoms with Gasteiger partial charge in [-0.05, 0) is 43.9 Å². The number of hydrogen-bond acceptors (Lipinski definition) is 6. The Bertz CT molecular complexity index is 1280. The number of thiazole rings is 1. The summed E-state index contributed by atoms with van der Waals surface area (Å²) in [4.78, 5) is 32.1. The predicted molar refractivity (Wildman–Crippen MR) is 116 cm³/mol. The summed E-state index contributed by atoms with van der Waals surface area (Å²) in [5.41, 5.74) is 2.95. The number of hydrogen-bond donors (Lipinski definition) is 0. The molecule has 1 aromatic carbocycles. The number of nitrogens with zero attached hydrogens (tertiary/aromatic N) is 2. The lowest BCUT2D eigenvalue weighted by molar-refractivity contribution is -0.139. The van der Waals surface area contributed by atoms with E-state index in [1.54, 1.807) is 18.4 Å². The van der Waals surface area contributed by atoms with Crippen molar-refractivity contribution in [3.05, 3.63) is 88.7 Å². The molecular weight excluding hydrogens is 404 g/mol. The van der Waals surface area contributed by atoms with Crippen LogP contribution < -0.4 is 14.9 Å². The Labute approximate surface area is 175 Å². The van der Waals surface area contributed by atoms with E-state index in [0.29, 0.717) is 20.6 Å². The third kappa shape index (κ3) is 3.63. The molecule has 1 atom stereocenters. The number of aromatic nitrogens is 1. The minimum absolute atomic E-state index is 0.150. The van der Waals surface area contributed by atoms with Gasteiger partial charge in [-0.25, -0.2) is 9.79 Å². The van der Waals surface area contributed by atoms with Crippen molar-refractivity contribution in [2.75, 3.05) is 6.61 Å². The zero-order chi connectivity index (χ0) is 20.5. The van der Waals surface area contributed by atoms with Gasteiger partial charge in [0.05, 0.1) is 22.4 Å². The molecule has 0 bridgehead atoms. The summed E-state index contributed by atoms with van der Waals surface area (Å²) in [6, 6.07) is 11.3. The predicted octanol–water partition coefficient (Wildman–Crippen LogP) is 3.17. The monoisotopic (exact) mass is 424 g/mol. The van der Waals surface area contributed by atoms with Crippen LogP contribution in [0.4, 0.5) is 0 Å². The molecule has 0 spiro atoms. The highest BCUT2D eigenvalue weighted by molar-refractivity contribution is 7.10. The summed E-state index contributed by atoms with van der Waals surface area (Å²) < 4.78 is 7.49. The first kappa shape index (κ1) is 19.5. The lowest BCUT2D eigenvalue weighted by Gasteiger charge is -2.23. The van der Waals surface area contributed by atoms with Crippen LogP contribution in [0.2, 0.25) is 0 Å². The largest absolute Gasteiger partial charge is 0.463 e. The van der Waals surface area contributed by atoms with Gasteiger partial charge in [-0.1, -0.05) is 47.2 Å². The quantitative estimate of drug-likeness (QED) is 0.605. The number of ether oxygens (including phenoxy) is 1. The van der Waals surface area contributed by atoms with Crippen LogP contribution in [0.15, 0.2) is 62.8 Å². The zero-order valence-corrected chi connectivity index (χ0v) is 18.0. The number of esters is 1. The maximum Gasteiger partial charge on any atom is 0.338 e. The van der Waals surface area contributed by atoms with Crippen LogP contribution in [0.1, 0.15) is 35.9 Å². The van der Waals surface area contributed by atoms with E-state index in [1.165, 1.54) is 22.7 Å². The molecule has 148 valence electrons. The van der Waals surface area contributed by atoms with Gasteiger partial charge in [0.15, 0.2) is 4.80 Å². The molecular formula is C22H20N2O3S2.